The molecule has 1 aromatic carbocycles. The lowest BCUT2D eigenvalue weighted by atomic mass is 10.2. The summed E-state index contributed by atoms with van der Waals surface area (Å²) in [6, 6.07) is 7.75. The average Bonchev–Trinajstić information content (AvgIpc) is 3.19. The molecule has 98 valence electrons. The maximum absolute atomic E-state index is 12.1. The Labute approximate surface area is 108 Å². The van der Waals surface area contributed by atoms with Crippen molar-refractivity contribution >= 4 is 5.91 Å². The molecule has 0 spiro atoms. The summed E-state index contributed by atoms with van der Waals surface area (Å²) in [5, 5.41) is 0. The van der Waals surface area contributed by atoms with E-state index in [0.29, 0.717) is 12.6 Å². The summed E-state index contributed by atoms with van der Waals surface area (Å²) in [7, 11) is 1.64. The standard InChI is InChI=1S/C14H20N2O2/c1-10(15)14(17)16(12-6-7-12)9-11-4-3-5-13(8-11)18-2/h3-5,8,10,12H,6-7,9,15H2,1-2H3. The SMILES string of the molecule is COc1cccc(CN(C(=O)C(C)N)C2CC2)c1. The van der Waals surface area contributed by atoms with Gasteiger partial charge in [-0.1, -0.05) is 12.1 Å². The molecule has 4 heteroatoms. The van der Waals surface area contributed by atoms with Crippen molar-refractivity contribution in [1.29, 1.82) is 0 Å². The van der Waals surface area contributed by atoms with Gasteiger partial charge in [-0.15, -0.1) is 0 Å². The molecule has 1 unspecified atom stereocenters. The number of hydrogen-bond donors (Lipinski definition) is 1. The normalized spacial score (nSPS) is 16.2. The van der Waals surface area contributed by atoms with Crippen LogP contribution in [0.4, 0.5) is 0 Å². The third kappa shape index (κ3) is 3.01. The van der Waals surface area contributed by atoms with E-state index in [2.05, 4.69) is 0 Å². The van der Waals surface area contributed by atoms with Crippen LogP contribution in [0, 0.1) is 0 Å². The lowest BCUT2D eigenvalue weighted by Crippen LogP contribution is -2.42. The van der Waals surface area contributed by atoms with Gasteiger partial charge in [-0.05, 0) is 37.5 Å². The number of carbonyl (C=O) groups excluding carboxylic acids is 1. The molecule has 2 rings (SSSR count). The van der Waals surface area contributed by atoms with Gasteiger partial charge < -0.3 is 15.4 Å². The molecule has 1 saturated carbocycles. The smallest absolute Gasteiger partial charge is 0.239 e. The summed E-state index contributed by atoms with van der Waals surface area (Å²) in [6.07, 6.45) is 2.17. The second-order valence-corrected chi connectivity index (χ2v) is 4.84. The molecule has 1 aliphatic carbocycles. The highest BCUT2D eigenvalue weighted by atomic mass is 16.5. The lowest BCUT2D eigenvalue weighted by Gasteiger charge is -2.24. The molecule has 2 N–H and O–H groups in total. The van der Waals surface area contributed by atoms with E-state index < -0.39 is 6.04 Å². The predicted octanol–water partition coefficient (Wildman–Crippen LogP) is 1.53. The van der Waals surface area contributed by atoms with Crippen LogP contribution in [-0.4, -0.2) is 30.0 Å². The minimum Gasteiger partial charge on any atom is -0.497 e. The topological polar surface area (TPSA) is 55.6 Å². The van der Waals surface area contributed by atoms with Gasteiger partial charge in [0.25, 0.3) is 0 Å². The van der Waals surface area contributed by atoms with Crippen molar-refractivity contribution in [3.05, 3.63) is 29.8 Å². The Hall–Kier alpha value is -1.55. The number of carbonyl (C=O) groups is 1. The van der Waals surface area contributed by atoms with Gasteiger partial charge >= 0.3 is 0 Å². The van der Waals surface area contributed by atoms with Gasteiger partial charge in [-0.3, -0.25) is 4.79 Å². The number of rotatable bonds is 5. The van der Waals surface area contributed by atoms with Crippen molar-refractivity contribution in [2.24, 2.45) is 5.73 Å². The maximum atomic E-state index is 12.1. The van der Waals surface area contributed by atoms with Gasteiger partial charge in [0.15, 0.2) is 0 Å². The van der Waals surface area contributed by atoms with Crippen molar-refractivity contribution in [2.75, 3.05) is 7.11 Å². The number of nitrogens with two attached hydrogens (primary N) is 1. The third-order valence-electron chi connectivity index (χ3n) is 3.15. The Kier molecular flexibility index (Phi) is 3.87. The van der Waals surface area contributed by atoms with Gasteiger partial charge in [-0.2, -0.15) is 0 Å². The fourth-order valence-corrected chi connectivity index (χ4v) is 2.00. The molecule has 4 nitrogen and oxygen atoms in total. The number of nitrogens with zero attached hydrogens (tertiary/aromatic N) is 1. The van der Waals surface area contributed by atoms with Crippen LogP contribution in [0.5, 0.6) is 5.75 Å². The Morgan fingerprint density at radius 1 is 1.56 bits per heavy atom. The van der Waals surface area contributed by atoms with Gasteiger partial charge in [0.2, 0.25) is 5.91 Å². The first-order valence-corrected chi connectivity index (χ1v) is 6.31. The highest BCUT2D eigenvalue weighted by Crippen LogP contribution is 2.29. The summed E-state index contributed by atoms with van der Waals surface area (Å²) in [4.78, 5) is 13.9. The predicted molar refractivity (Wildman–Crippen MR) is 70.2 cm³/mol. The van der Waals surface area contributed by atoms with Crippen molar-refractivity contribution in [3.8, 4) is 5.75 Å². The molecule has 0 bridgehead atoms. The van der Waals surface area contributed by atoms with Crippen LogP contribution in [0.3, 0.4) is 0 Å². The first-order chi connectivity index (χ1) is 8.61. The summed E-state index contributed by atoms with van der Waals surface area (Å²) in [5.41, 5.74) is 6.78. The second-order valence-electron chi connectivity index (χ2n) is 4.84. The van der Waals surface area contributed by atoms with Gasteiger partial charge in [0, 0.05) is 12.6 Å². The zero-order valence-electron chi connectivity index (χ0n) is 10.9. The lowest BCUT2D eigenvalue weighted by molar-refractivity contribution is -0.133. The molecule has 1 atom stereocenters. The van der Waals surface area contributed by atoms with Crippen molar-refractivity contribution in [2.45, 2.75) is 38.4 Å². The van der Waals surface area contributed by atoms with Crippen LogP contribution < -0.4 is 10.5 Å². The summed E-state index contributed by atoms with van der Waals surface area (Å²) >= 11 is 0. The van der Waals surface area contributed by atoms with E-state index in [9.17, 15) is 4.79 Å². The third-order valence-corrected chi connectivity index (χ3v) is 3.15. The Balaban J connectivity index is 2.10. The number of amides is 1. The van der Waals surface area contributed by atoms with Crippen molar-refractivity contribution in [1.82, 2.24) is 4.90 Å². The van der Waals surface area contributed by atoms with E-state index in [1.165, 1.54) is 0 Å². The first-order valence-electron chi connectivity index (χ1n) is 6.31. The summed E-state index contributed by atoms with van der Waals surface area (Å²) < 4.78 is 5.19. The minimum absolute atomic E-state index is 0.0281. The number of methoxy groups -OCH3 is 1. The van der Waals surface area contributed by atoms with Crippen LogP contribution in [0.15, 0.2) is 24.3 Å². The molecule has 18 heavy (non-hydrogen) atoms. The molecule has 1 aliphatic rings. The number of hydrogen-bond acceptors (Lipinski definition) is 3. The molecular weight excluding hydrogens is 228 g/mol. The van der Waals surface area contributed by atoms with E-state index in [1.54, 1.807) is 14.0 Å². The molecule has 1 aromatic rings. The molecule has 0 aliphatic heterocycles. The van der Waals surface area contributed by atoms with E-state index >= 15 is 0 Å². The highest BCUT2D eigenvalue weighted by molar-refractivity contribution is 5.81. The van der Waals surface area contributed by atoms with Crippen LogP contribution >= 0.6 is 0 Å². The quantitative estimate of drug-likeness (QED) is 0.859. The summed E-state index contributed by atoms with van der Waals surface area (Å²) in [6.45, 7) is 2.35. The molecule has 0 aromatic heterocycles. The Morgan fingerprint density at radius 2 is 2.28 bits per heavy atom. The second kappa shape index (κ2) is 5.40. The van der Waals surface area contributed by atoms with Gasteiger partial charge in [-0.25, -0.2) is 0 Å². The molecule has 1 amide bonds. The van der Waals surface area contributed by atoms with Gasteiger partial charge in [0.05, 0.1) is 13.2 Å². The molecule has 1 fully saturated rings. The highest BCUT2D eigenvalue weighted by Gasteiger charge is 2.33. The average molecular weight is 248 g/mol. The fraction of sp³-hybridized carbons (Fsp3) is 0.500. The molecular formula is C14H20N2O2. The zero-order chi connectivity index (χ0) is 13.1. The molecule has 0 radical (unpaired) electrons. The Bertz CT molecular complexity index is 428. The molecule has 0 saturated heterocycles. The largest absolute Gasteiger partial charge is 0.497 e. The van der Waals surface area contributed by atoms with E-state index in [4.69, 9.17) is 10.5 Å². The van der Waals surface area contributed by atoms with E-state index in [1.807, 2.05) is 29.2 Å². The van der Waals surface area contributed by atoms with Crippen molar-refractivity contribution in [3.63, 3.8) is 0 Å². The van der Waals surface area contributed by atoms with Crippen LogP contribution in [0.2, 0.25) is 0 Å². The monoisotopic (exact) mass is 248 g/mol. The zero-order valence-corrected chi connectivity index (χ0v) is 10.9. The molecule has 0 heterocycles. The van der Waals surface area contributed by atoms with Crippen LogP contribution in [0.1, 0.15) is 25.3 Å². The minimum atomic E-state index is -0.434. The fourth-order valence-electron chi connectivity index (χ4n) is 2.00. The Morgan fingerprint density at radius 3 is 2.83 bits per heavy atom. The van der Waals surface area contributed by atoms with Crippen LogP contribution in [0.25, 0.3) is 0 Å². The van der Waals surface area contributed by atoms with E-state index in [-0.39, 0.29) is 5.91 Å². The maximum Gasteiger partial charge on any atom is 0.239 e. The van der Waals surface area contributed by atoms with Crippen molar-refractivity contribution < 1.29 is 9.53 Å². The van der Waals surface area contributed by atoms with Crippen LogP contribution in [-0.2, 0) is 11.3 Å². The number of benzene rings is 1. The van der Waals surface area contributed by atoms with Gasteiger partial charge in [0.1, 0.15) is 5.75 Å². The van der Waals surface area contributed by atoms with E-state index in [0.717, 1.165) is 24.2 Å². The number of ether oxygens (including phenoxy) is 1. The summed E-state index contributed by atoms with van der Waals surface area (Å²) in [5.74, 6) is 0.844. The first kappa shape index (κ1) is 12.9.